The molecule has 136 valence electrons. The zero-order chi connectivity index (χ0) is 17.4. The van der Waals surface area contributed by atoms with Gasteiger partial charge in [-0.1, -0.05) is 18.2 Å². The fourth-order valence-electron chi connectivity index (χ4n) is 4.36. The number of hydrogen-bond acceptors (Lipinski definition) is 4. The highest BCUT2D eigenvalue weighted by Gasteiger charge is 2.42. The van der Waals surface area contributed by atoms with E-state index in [0.29, 0.717) is 31.6 Å². The van der Waals surface area contributed by atoms with Crippen LogP contribution < -0.4 is 5.32 Å². The number of rotatable bonds is 3. The van der Waals surface area contributed by atoms with Crippen molar-refractivity contribution in [3.63, 3.8) is 0 Å². The monoisotopic (exact) mass is 363 g/mol. The van der Waals surface area contributed by atoms with Crippen LogP contribution in [0, 0.1) is 0 Å². The van der Waals surface area contributed by atoms with E-state index in [1.54, 1.807) is 30.3 Å². The molecule has 2 bridgehead atoms. The van der Waals surface area contributed by atoms with E-state index >= 15 is 0 Å². The van der Waals surface area contributed by atoms with Crippen molar-refractivity contribution < 1.29 is 13.2 Å². The number of carbonyl (C=O) groups is 1. The summed E-state index contributed by atoms with van der Waals surface area (Å²) in [4.78, 5) is 15.3. The molecule has 4 rings (SSSR count). The zero-order valence-electron chi connectivity index (χ0n) is 14.3. The fourth-order valence-corrected chi connectivity index (χ4v) is 6.03. The molecular formula is C18H25N3O3S. The Kier molecular flexibility index (Phi) is 4.56. The predicted octanol–water partition coefficient (Wildman–Crippen LogP) is 1.19. The Bertz CT molecular complexity index is 737. The first-order valence-electron chi connectivity index (χ1n) is 9.17. The zero-order valence-corrected chi connectivity index (χ0v) is 15.1. The number of nitrogens with zero attached hydrogens (tertiary/aromatic N) is 2. The van der Waals surface area contributed by atoms with Crippen molar-refractivity contribution >= 4 is 15.9 Å². The summed E-state index contributed by atoms with van der Waals surface area (Å²) < 4.78 is 27.4. The molecule has 3 atom stereocenters. The van der Waals surface area contributed by atoms with Crippen LogP contribution in [0.2, 0.25) is 0 Å². The van der Waals surface area contributed by atoms with E-state index in [4.69, 9.17) is 0 Å². The minimum absolute atomic E-state index is 0.0219. The van der Waals surface area contributed by atoms with Crippen LogP contribution in [0.3, 0.4) is 0 Å². The maximum absolute atomic E-state index is 13.1. The molecule has 3 aliphatic rings. The lowest BCUT2D eigenvalue weighted by molar-refractivity contribution is -0.134. The Morgan fingerprint density at radius 2 is 1.76 bits per heavy atom. The SMILES string of the molecule is O=C(C1CCCN1S(=O)(=O)c1ccccc1)N1CCC2CCC(C1)N2. The van der Waals surface area contributed by atoms with Gasteiger partial charge >= 0.3 is 0 Å². The first-order valence-corrected chi connectivity index (χ1v) is 10.6. The van der Waals surface area contributed by atoms with Gasteiger partial charge in [-0.15, -0.1) is 0 Å². The molecule has 0 aliphatic carbocycles. The number of carbonyl (C=O) groups excluding carboxylic acids is 1. The molecule has 0 aromatic heterocycles. The molecule has 1 aromatic carbocycles. The van der Waals surface area contributed by atoms with Crippen LogP contribution >= 0.6 is 0 Å². The van der Waals surface area contributed by atoms with E-state index in [1.807, 2.05) is 4.90 Å². The average molecular weight is 363 g/mol. The Hall–Kier alpha value is -1.44. The molecule has 25 heavy (non-hydrogen) atoms. The van der Waals surface area contributed by atoms with Gasteiger partial charge in [-0.25, -0.2) is 8.42 Å². The van der Waals surface area contributed by atoms with Gasteiger partial charge in [-0.2, -0.15) is 4.31 Å². The number of fused-ring (bicyclic) bond motifs is 2. The van der Waals surface area contributed by atoms with Crippen molar-refractivity contribution in [2.45, 2.75) is 55.1 Å². The Morgan fingerprint density at radius 1 is 1.00 bits per heavy atom. The van der Waals surface area contributed by atoms with Crippen LogP contribution in [0.4, 0.5) is 0 Å². The summed E-state index contributed by atoms with van der Waals surface area (Å²) in [7, 11) is -3.62. The smallest absolute Gasteiger partial charge is 0.243 e. The van der Waals surface area contributed by atoms with Gasteiger partial charge in [-0.05, 0) is 44.2 Å². The fraction of sp³-hybridized carbons (Fsp3) is 0.611. The summed E-state index contributed by atoms with van der Waals surface area (Å²) >= 11 is 0. The van der Waals surface area contributed by atoms with Gasteiger partial charge in [-0.3, -0.25) is 4.79 Å². The summed E-state index contributed by atoms with van der Waals surface area (Å²) in [6, 6.07) is 8.75. The minimum atomic E-state index is -3.62. The van der Waals surface area contributed by atoms with Crippen molar-refractivity contribution in [1.29, 1.82) is 0 Å². The number of sulfonamides is 1. The molecule has 3 saturated heterocycles. The van der Waals surface area contributed by atoms with Gasteiger partial charge < -0.3 is 10.2 Å². The van der Waals surface area contributed by atoms with Crippen LogP contribution in [0.5, 0.6) is 0 Å². The molecule has 3 unspecified atom stereocenters. The van der Waals surface area contributed by atoms with Gasteiger partial charge in [0.15, 0.2) is 0 Å². The number of benzene rings is 1. The van der Waals surface area contributed by atoms with E-state index in [2.05, 4.69) is 5.32 Å². The standard InChI is InChI=1S/C18H25N3O3S/c22-18(20-12-10-14-8-9-15(13-20)19-14)17-7-4-11-21(17)25(23,24)16-5-2-1-3-6-16/h1-3,5-6,14-15,17,19H,4,7-13H2. The van der Waals surface area contributed by atoms with E-state index < -0.39 is 16.1 Å². The van der Waals surface area contributed by atoms with Crippen LogP contribution in [0.1, 0.15) is 32.1 Å². The predicted molar refractivity (Wildman–Crippen MR) is 94.5 cm³/mol. The third kappa shape index (κ3) is 3.20. The molecular weight excluding hydrogens is 338 g/mol. The van der Waals surface area contributed by atoms with Crippen LogP contribution in [0.25, 0.3) is 0 Å². The molecule has 0 saturated carbocycles. The summed E-state index contributed by atoms with van der Waals surface area (Å²) in [6.45, 7) is 1.85. The Balaban J connectivity index is 1.54. The lowest BCUT2D eigenvalue weighted by Crippen LogP contribution is -2.49. The topological polar surface area (TPSA) is 69.7 Å². The summed E-state index contributed by atoms with van der Waals surface area (Å²) in [5.41, 5.74) is 0. The van der Waals surface area contributed by atoms with Gasteiger partial charge in [0.1, 0.15) is 6.04 Å². The van der Waals surface area contributed by atoms with E-state index in [0.717, 1.165) is 25.8 Å². The van der Waals surface area contributed by atoms with Gasteiger partial charge in [0.05, 0.1) is 4.90 Å². The van der Waals surface area contributed by atoms with Crippen LogP contribution in [-0.4, -0.2) is 61.3 Å². The van der Waals surface area contributed by atoms with E-state index in [1.165, 1.54) is 10.7 Å². The molecule has 0 radical (unpaired) electrons. The highest BCUT2D eigenvalue weighted by atomic mass is 32.2. The van der Waals surface area contributed by atoms with Gasteiger partial charge in [0.2, 0.25) is 15.9 Å². The Labute approximate surface area is 149 Å². The van der Waals surface area contributed by atoms with Crippen molar-refractivity contribution in [3.05, 3.63) is 30.3 Å². The van der Waals surface area contributed by atoms with Crippen molar-refractivity contribution in [2.75, 3.05) is 19.6 Å². The second-order valence-electron chi connectivity index (χ2n) is 7.30. The highest BCUT2D eigenvalue weighted by molar-refractivity contribution is 7.89. The lowest BCUT2D eigenvalue weighted by atomic mass is 10.1. The normalized spacial score (nSPS) is 30.4. The second kappa shape index (κ2) is 6.70. The minimum Gasteiger partial charge on any atom is -0.340 e. The maximum Gasteiger partial charge on any atom is 0.243 e. The first-order chi connectivity index (χ1) is 12.1. The molecule has 0 spiro atoms. The largest absolute Gasteiger partial charge is 0.340 e. The van der Waals surface area contributed by atoms with Crippen molar-refractivity contribution in [2.24, 2.45) is 0 Å². The highest BCUT2D eigenvalue weighted by Crippen LogP contribution is 2.28. The summed E-state index contributed by atoms with van der Waals surface area (Å²) in [5.74, 6) is -0.0219. The van der Waals surface area contributed by atoms with Crippen molar-refractivity contribution in [3.8, 4) is 0 Å². The number of likely N-dealkylation sites (tertiary alicyclic amines) is 1. The molecule has 3 heterocycles. The molecule has 1 N–H and O–H groups in total. The molecule has 3 fully saturated rings. The number of amides is 1. The molecule has 7 heteroatoms. The third-order valence-corrected chi connectivity index (χ3v) is 7.60. The Morgan fingerprint density at radius 3 is 2.56 bits per heavy atom. The number of hydrogen-bond donors (Lipinski definition) is 1. The van der Waals surface area contributed by atoms with E-state index in [9.17, 15) is 13.2 Å². The van der Waals surface area contributed by atoms with Crippen LogP contribution in [0.15, 0.2) is 35.2 Å². The summed E-state index contributed by atoms with van der Waals surface area (Å²) in [5, 5.41) is 3.57. The molecule has 6 nitrogen and oxygen atoms in total. The first kappa shape index (κ1) is 17.0. The van der Waals surface area contributed by atoms with Gasteiger partial charge in [0.25, 0.3) is 0 Å². The van der Waals surface area contributed by atoms with Gasteiger partial charge in [0, 0.05) is 31.7 Å². The number of nitrogens with one attached hydrogen (secondary N) is 1. The maximum atomic E-state index is 13.1. The lowest BCUT2D eigenvalue weighted by Gasteiger charge is -2.30. The van der Waals surface area contributed by atoms with Crippen molar-refractivity contribution in [1.82, 2.24) is 14.5 Å². The quantitative estimate of drug-likeness (QED) is 0.876. The summed E-state index contributed by atoms with van der Waals surface area (Å²) in [6.07, 6.45) is 4.60. The average Bonchev–Trinajstić information content (AvgIpc) is 3.22. The molecule has 3 aliphatic heterocycles. The molecule has 1 amide bonds. The van der Waals surface area contributed by atoms with E-state index in [-0.39, 0.29) is 10.8 Å². The second-order valence-corrected chi connectivity index (χ2v) is 9.19. The third-order valence-electron chi connectivity index (χ3n) is 5.67. The molecule has 1 aromatic rings. The van der Waals surface area contributed by atoms with Crippen LogP contribution in [-0.2, 0) is 14.8 Å².